The molecule has 0 aliphatic carbocycles. The molecule has 5 nitrogen and oxygen atoms in total. The summed E-state index contributed by atoms with van der Waals surface area (Å²) in [6.45, 7) is 4.76. The summed E-state index contributed by atoms with van der Waals surface area (Å²) in [6.07, 6.45) is 3.93. The predicted molar refractivity (Wildman–Crippen MR) is 94.8 cm³/mol. The first-order valence-electron chi connectivity index (χ1n) is 8.98. The second-order valence-corrected chi connectivity index (χ2v) is 6.98. The monoisotopic (exact) mass is 329 g/mol. The highest BCUT2D eigenvalue weighted by Gasteiger charge is 2.39. The summed E-state index contributed by atoms with van der Waals surface area (Å²) in [6, 6.07) is 7.89. The Hall–Kier alpha value is -1.88. The van der Waals surface area contributed by atoms with E-state index in [0.717, 1.165) is 50.0 Å². The maximum Gasteiger partial charge on any atom is 0.313 e. The highest BCUT2D eigenvalue weighted by atomic mass is 16.2. The van der Waals surface area contributed by atoms with Gasteiger partial charge in [0.05, 0.1) is 0 Å². The molecule has 2 aliphatic heterocycles. The first-order chi connectivity index (χ1) is 11.6. The first kappa shape index (κ1) is 17.0. The van der Waals surface area contributed by atoms with Crippen molar-refractivity contribution in [1.82, 2.24) is 9.80 Å². The number of anilines is 1. The summed E-state index contributed by atoms with van der Waals surface area (Å²) >= 11 is 0. The smallest absolute Gasteiger partial charge is 0.313 e. The van der Waals surface area contributed by atoms with Gasteiger partial charge in [0.25, 0.3) is 0 Å². The molecule has 0 spiro atoms. The molecule has 0 saturated carbocycles. The fraction of sp³-hybridized carbons (Fsp3) is 0.579. The third kappa shape index (κ3) is 3.46. The maximum absolute atomic E-state index is 12.7. The molecule has 0 aromatic heterocycles. The fourth-order valence-electron chi connectivity index (χ4n) is 4.09. The van der Waals surface area contributed by atoms with Gasteiger partial charge in [-0.15, -0.1) is 0 Å². The van der Waals surface area contributed by atoms with Gasteiger partial charge in [-0.25, -0.2) is 0 Å². The van der Waals surface area contributed by atoms with Crippen LogP contribution in [-0.4, -0.2) is 54.3 Å². The van der Waals surface area contributed by atoms with Crippen LogP contribution >= 0.6 is 0 Å². The number of aryl methyl sites for hydroxylation is 1. The molecule has 2 heterocycles. The highest BCUT2D eigenvalue weighted by Crippen LogP contribution is 2.30. The molecule has 2 unspecified atom stereocenters. The average Bonchev–Trinajstić information content (AvgIpc) is 2.60. The Morgan fingerprint density at radius 1 is 1.21 bits per heavy atom. The van der Waals surface area contributed by atoms with Crippen LogP contribution in [0.25, 0.3) is 0 Å². The quantitative estimate of drug-likeness (QED) is 0.846. The summed E-state index contributed by atoms with van der Waals surface area (Å²) < 4.78 is 0. The third-order valence-corrected chi connectivity index (χ3v) is 5.37. The number of para-hydroxylation sites is 1. The number of rotatable bonds is 2. The Morgan fingerprint density at radius 3 is 2.79 bits per heavy atom. The van der Waals surface area contributed by atoms with E-state index < -0.39 is 5.91 Å². The van der Waals surface area contributed by atoms with Gasteiger partial charge in [0, 0.05) is 24.8 Å². The molecule has 0 radical (unpaired) electrons. The van der Waals surface area contributed by atoms with Crippen molar-refractivity contribution in [3.05, 3.63) is 29.8 Å². The van der Waals surface area contributed by atoms with Crippen molar-refractivity contribution in [3.63, 3.8) is 0 Å². The van der Waals surface area contributed by atoms with Crippen molar-refractivity contribution in [2.75, 3.05) is 32.0 Å². The van der Waals surface area contributed by atoms with Crippen LogP contribution < -0.4 is 5.32 Å². The van der Waals surface area contributed by atoms with Crippen molar-refractivity contribution in [2.24, 2.45) is 5.92 Å². The number of fused-ring (bicyclic) bond motifs is 1. The molecule has 2 atom stereocenters. The van der Waals surface area contributed by atoms with E-state index in [4.69, 9.17) is 0 Å². The zero-order valence-corrected chi connectivity index (χ0v) is 14.6. The van der Waals surface area contributed by atoms with E-state index >= 15 is 0 Å². The number of amides is 2. The lowest BCUT2D eigenvalue weighted by Crippen LogP contribution is -2.57. The Morgan fingerprint density at radius 2 is 2.00 bits per heavy atom. The van der Waals surface area contributed by atoms with Crippen molar-refractivity contribution >= 4 is 17.5 Å². The number of carbonyl (C=O) groups is 2. The minimum atomic E-state index is -0.504. The number of carbonyl (C=O) groups excluding carboxylic acids is 2. The number of likely N-dealkylation sites (tertiary alicyclic amines) is 2. The van der Waals surface area contributed by atoms with Crippen LogP contribution in [0.4, 0.5) is 5.69 Å². The summed E-state index contributed by atoms with van der Waals surface area (Å²) in [5.41, 5.74) is 1.80. The molecule has 3 rings (SSSR count). The normalized spacial score (nSPS) is 24.3. The lowest BCUT2D eigenvalue weighted by molar-refractivity contribution is -0.148. The van der Waals surface area contributed by atoms with Crippen molar-refractivity contribution in [3.8, 4) is 0 Å². The minimum Gasteiger partial charge on any atom is -0.331 e. The first-order valence-corrected chi connectivity index (χ1v) is 8.98. The van der Waals surface area contributed by atoms with Crippen LogP contribution in [0.1, 0.15) is 31.7 Å². The van der Waals surface area contributed by atoms with E-state index in [1.807, 2.05) is 36.1 Å². The molecule has 2 fully saturated rings. The predicted octanol–water partition coefficient (Wildman–Crippen LogP) is 2.13. The van der Waals surface area contributed by atoms with Crippen LogP contribution in [0, 0.1) is 5.92 Å². The summed E-state index contributed by atoms with van der Waals surface area (Å²) in [7, 11) is 2.13. The SMILES string of the molecule is CCc1ccccc1NC(=O)C(=O)N1CCCC2CN(C)CCC21. The zero-order chi connectivity index (χ0) is 17.1. The summed E-state index contributed by atoms with van der Waals surface area (Å²) in [4.78, 5) is 29.4. The average molecular weight is 329 g/mol. The summed E-state index contributed by atoms with van der Waals surface area (Å²) in [5.74, 6) is -0.382. The molecule has 1 aromatic rings. The van der Waals surface area contributed by atoms with Gasteiger partial charge in [0.1, 0.15) is 0 Å². The van der Waals surface area contributed by atoms with Crippen molar-refractivity contribution < 1.29 is 9.59 Å². The van der Waals surface area contributed by atoms with Gasteiger partial charge >= 0.3 is 11.8 Å². The molecule has 0 bridgehead atoms. The molecule has 130 valence electrons. The van der Waals surface area contributed by atoms with E-state index in [2.05, 4.69) is 17.3 Å². The highest BCUT2D eigenvalue weighted by molar-refractivity contribution is 6.39. The number of hydrogen-bond acceptors (Lipinski definition) is 3. The largest absolute Gasteiger partial charge is 0.331 e. The zero-order valence-electron chi connectivity index (χ0n) is 14.6. The Bertz CT molecular complexity index is 616. The fourth-order valence-corrected chi connectivity index (χ4v) is 4.09. The molecule has 1 N–H and O–H groups in total. The second-order valence-electron chi connectivity index (χ2n) is 6.98. The molecular weight excluding hydrogens is 302 g/mol. The number of nitrogens with zero attached hydrogens (tertiary/aromatic N) is 2. The van der Waals surface area contributed by atoms with E-state index in [0.29, 0.717) is 12.5 Å². The van der Waals surface area contributed by atoms with Crippen LogP contribution in [0.2, 0.25) is 0 Å². The van der Waals surface area contributed by atoms with Crippen LogP contribution in [0.3, 0.4) is 0 Å². The molecule has 1 aromatic carbocycles. The Kier molecular flexibility index (Phi) is 5.19. The Balaban J connectivity index is 1.70. The van der Waals surface area contributed by atoms with Gasteiger partial charge in [-0.2, -0.15) is 0 Å². The van der Waals surface area contributed by atoms with Crippen LogP contribution in [0.5, 0.6) is 0 Å². The lowest BCUT2D eigenvalue weighted by atomic mass is 9.84. The lowest BCUT2D eigenvalue weighted by Gasteiger charge is -2.46. The number of nitrogens with one attached hydrogen (secondary N) is 1. The minimum absolute atomic E-state index is 0.217. The van der Waals surface area contributed by atoms with E-state index in [9.17, 15) is 9.59 Å². The molecule has 5 heteroatoms. The molecule has 2 amide bonds. The van der Waals surface area contributed by atoms with Gasteiger partial charge in [0.15, 0.2) is 0 Å². The van der Waals surface area contributed by atoms with Gasteiger partial charge in [-0.05, 0) is 56.8 Å². The Labute approximate surface area is 144 Å². The van der Waals surface area contributed by atoms with Gasteiger partial charge in [-0.3, -0.25) is 9.59 Å². The maximum atomic E-state index is 12.7. The van der Waals surface area contributed by atoms with Gasteiger partial charge in [-0.1, -0.05) is 25.1 Å². The molecule has 2 saturated heterocycles. The third-order valence-electron chi connectivity index (χ3n) is 5.37. The molecule has 24 heavy (non-hydrogen) atoms. The number of benzene rings is 1. The van der Waals surface area contributed by atoms with Gasteiger partial charge < -0.3 is 15.1 Å². The van der Waals surface area contributed by atoms with Crippen molar-refractivity contribution in [2.45, 2.75) is 38.6 Å². The van der Waals surface area contributed by atoms with Gasteiger partial charge in [0.2, 0.25) is 0 Å². The number of hydrogen-bond donors (Lipinski definition) is 1. The van der Waals surface area contributed by atoms with E-state index in [1.165, 1.54) is 0 Å². The molecule has 2 aliphatic rings. The topological polar surface area (TPSA) is 52.7 Å². The van der Waals surface area contributed by atoms with E-state index in [-0.39, 0.29) is 11.9 Å². The second kappa shape index (κ2) is 7.34. The standard InChI is InChI=1S/C19H27N3O2/c1-3-14-7-4-5-9-16(14)20-18(23)19(24)22-11-6-8-15-13-21(2)12-10-17(15)22/h4-5,7,9,15,17H,3,6,8,10-13H2,1-2H3,(H,20,23). The summed E-state index contributed by atoms with van der Waals surface area (Å²) in [5, 5.41) is 2.82. The number of piperidine rings is 2. The van der Waals surface area contributed by atoms with Crippen LogP contribution in [-0.2, 0) is 16.0 Å². The van der Waals surface area contributed by atoms with Crippen molar-refractivity contribution in [1.29, 1.82) is 0 Å². The van der Waals surface area contributed by atoms with Crippen LogP contribution in [0.15, 0.2) is 24.3 Å². The molecular formula is C19H27N3O2. The van der Waals surface area contributed by atoms with E-state index in [1.54, 1.807) is 0 Å².